The van der Waals surface area contributed by atoms with Crippen molar-refractivity contribution in [3.8, 4) is 5.75 Å². The first kappa shape index (κ1) is 14.8. The van der Waals surface area contributed by atoms with Crippen LogP contribution in [0, 0.1) is 5.92 Å². The lowest BCUT2D eigenvalue weighted by Gasteiger charge is -2.43. The van der Waals surface area contributed by atoms with E-state index in [0.717, 1.165) is 43.3 Å². The monoisotopic (exact) mass is 312 g/mol. The van der Waals surface area contributed by atoms with Gasteiger partial charge in [-0.3, -0.25) is 4.90 Å². The molecule has 122 valence electrons. The van der Waals surface area contributed by atoms with Gasteiger partial charge in [0.15, 0.2) is 0 Å². The predicted octanol–water partition coefficient (Wildman–Crippen LogP) is 3.12. The quantitative estimate of drug-likeness (QED) is 0.747. The largest absolute Gasteiger partial charge is 0.508 e. The molecular weight excluding hydrogens is 288 g/mol. The van der Waals surface area contributed by atoms with Crippen LogP contribution in [0.2, 0.25) is 0 Å². The number of nitrogens with one attached hydrogen (secondary N) is 1. The van der Waals surface area contributed by atoms with E-state index in [4.69, 9.17) is 0 Å². The van der Waals surface area contributed by atoms with Crippen molar-refractivity contribution in [2.24, 2.45) is 5.92 Å². The van der Waals surface area contributed by atoms with Gasteiger partial charge in [-0.1, -0.05) is 11.6 Å². The van der Waals surface area contributed by atoms with Gasteiger partial charge in [-0.2, -0.15) is 0 Å². The minimum absolute atomic E-state index is 0.252. The van der Waals surface area contributed by atoms with Gasteiger partial charge >= 0.3 is 0 Å². The Morgan fingerprint density at radius 1 is 1.39 bits per heavy atom. The summed E-state index contributed by atoms with van der Waals surface area (Å²) in [5.41, 5.74) is 5.26. The van der Waals surface area contributed by atoms with Gasteiger partial charge in [-0.15, -0.1) is 0 Å². The minimum Gasteiger partial charge on any atom is -0.508 e. The molecule has 1 saturated heterocycles. The normalized spacial score (nSPS) is 26.4. The molecule has 0 bridgehead atoms. The Bertz CT molecular complexity index is 762. The maximum atomic E-state index is 9.80. The molecular formula is C19H24N2O2. The van der Waals surface area contributed by atoms with Crippen LogP contribution in [0.3, 0.4) is 0 Å². The molecule has 1 aromatic heterocycles. The Kier molecular flexibility index (Phi) is 3.66. The lowest BCUT2D eigenvalue weighted by Crippen LogP contribution is -2.42. The molecule has 2 aliphatic heterocycles. The second kappa shape index (κ2) is 5.69. The van der Waals surface area contributed by atoms with Gasteiger partial charge in [0, 0.05) is 36.3 Å². The number of aromatic hydroxyl groups is 1. The van der Waals surface area contributed by atoms with Crippen LogP contribution in [0.25, 0.3) is 10.9 Å². The highest BCUT2D eigenvalue weighted by Gasteiger charge is 2.37. The third-order valence-electron chi connectivity index (χ3n) is 5.61. The Morgan fingerprint density at radius 2 is 2.26 bits per heavy atom. The molecule has 4 heteroatoms. The average molecular weight is 312 g/mol. The highest BCUT2D eigenvalue weighted by Crippen LogP contribution is 2.43. The molecule has 0 spiro atoms. The standard InChI is InChI=1S/C19H24N2O2/c1-2-12-11-21-7-5-15-16-10-14(23)3-4-17(16)20-19(15)18(21)9-13(12)6-8-22/h2-4,10,13,18,20,22-23H,5-9,11H2,1H3/t13-,18-/m0/s1. The Morgan fingerprint density at radius 3 is 3.04 bits per heavy atom. The van der Waals surface area contributed by atoms with E-state index >= 15 is 0 Å². The lowest BCUT2D eigenvalue weighted by atomic mass is 9.80. The van der Waals surface area contributed by atoms with Crippen molar-refractivity contribution < 1.29 is 10.2 Å². The number of rotatable bonds is 2. The van der Waals surface area contributed by atoms with Crippen molar-refractivity contribution in [1.29, 1.82) is 0 Å². The van der Waals surface area contributed by atoms with Crippen LogP contribution in [-0.2, 0) is 6.42 Å². The number of aliphatic hydroxyl groups excluding tert-OH is 1. The Hall–Kier alpha value is -1.78. The average Bonchev–Trinajstić information content (AvgIpc) is 2.93. The molecule has 0 amide bonds. The van der Waals surface area contributed by atoms with Gasteiger partial charge < -0.3 is 15.2 Å². The third-order valence-corrected chi connectivity index (χ3v) is 5.61. The van der Waals surface area contributed by atoms with Crippen LogP contribution in [0.4, 0.5) is 0 Å². The van der Waals surface area contributed by atoms with Crippen molar-refractivity contribution in [3.63, 3.8) is 0 Å². The van der Waals surface area contributed by atoms with Gasteiger partial charge in [0.1, 0.15) is 5.75 Å². The van der Waals surface area contributed by atoms with Crippen LogP contribution in [-0.4, -0.2) is 39.8 Å². The first-order valence-electron chi connectivity index (χ1n) is 8.54. The molecule has 2 aliphatic rings. The molecule has 1 fully saturated rings. The van der Waals surface area contributed by atoms with Crippen LogP contribution in [0.15, 0.2) is 29.8 Å². The van der Waals surface area contributed by atoms with Crippen LogP contribution >= 0.6 is 0 Å². The summed E-state index contributed by atoms with van der Waals surface area (Å²) in [5.74, 6) is 0.803. The smallest absolute Gasteiger partial charge is 0.116 e. The maximum absolute atomic E-state index is 9.80. The number of nitrogens with zero attached hydrogens (tertiary/aromatic N) is 1. The summed E-state index contributed by atoms with van der Waals surface area (Å²) < 4.78 is 0. The number of hydrogen-bond acceptors (Lipinski definition) is 3. The zero-order valence-corrected chi connectivity index (χ0v) is 13.5. The maximum Gasteiger partial charge on any atom is 0.116 e. The van der Waals surface area contributed by atoms with Crippen molar-refractivity contribution in [1.82, 2.24) is 9.88 Å². The number of benzene rings is 1. The summed E-state index contributed by atoms with van der Waals surface area (Å²) in [5, 5.41) is 20.4. The van der Waals surface area contributed by atoms with Crippen LogP contribution in [0.5, 0.6) is 5.75 Å². The van der Waals surface area contributed by atoms with Gasteiger partial charge in [0.25, 0.3) is 0 Å². The number of allylic oxidation sites excluding steroid dienone is 1. The van der Waals surface area contributed by atoms with E-state index in [0.29, 0.717) is 17.7 Å². The van der Waals surface area contributed by atoms with E-state index in [9.17, 15) is 10.2 Å². The predicted molar refractivity (Wildman–Crippen MR) is 91.5 cm³/mol. The molecule has 3 N–H and O–H groups in total. The lowest BCUT2D eigenvalue weighted by molar-refractivity contribution is 0.126. The number of hydrogen-bond donors (Lipinski definition) is 3. The molecule has 3 heterocycles. The number of phenolic OH excluding ortho intramolecular Hbond substituents is 1. The summed E-state index contributed by atoms with van der Waals surface area (Å²) in [6.45, 7) is 4.43. The number of piperidine rings is 1. The van der Waals surface area contributed by atoms with Crippen molar-refractivity contribution in [2.45, 2.75) is 32.2 Å². The molecule has 23 heavy (non-hydrogen) atoms. The highest BCUT2D eigenvalue weighted by atomic mass is 16.3. The second-order valence-electron chi connectivity index (χ2n) is 6.79. The summed E-state index contributed by atoms with van der Waals surface area (Å²) in [4.78, 5) is 6.16. The molecule has 2 aromatic rings. The van der Waals surface area contributed by atoms with Crippen molar-refractivity contribution in [3.05, 3.63) is 41.1 Å². The van der Waals surface area contributed by atoms with E-state index in [1.807, 2.05) is 12.1 Å². The van der Waals surface area contributed by atoms with E-state index in [1.54, 1.807) is 6.07 Å². The molecule has 0 saturated carbocycles. The molecule has 4 rings (SSSR count). The molecule has 0 unspecified atom stereocenters. The van der Waals surface area contributed by atoms with E-state index < -0.39 is 0 Å². The van der Waals surface area contributed by atoms with Crippen molar-refractivity contribution >= 4 is 10.9 Å². The number of aromatic nitrogens is 1. The Labute approximate surface area is 136 Å². The third kappa shape index (κ3) is 2.37. The first-order valence-corrected chi connectivity index (χ1v) is 8.54. The number of H-pyrrole nitrogens is 1. The van der Waals surface area contributed by atoms with Crippen LogP contribution in [0.1, 0.15) is 37.1 Å². The molecule has 0 aliphatic carbocycles. The summed E-state index contributed by atoms with van der Waals surface area (Å²) in [6.07, 6.45) is 5.17. The number of aliphatic hydroxyl groups is 1. The van der Waals surface area contributed by atoms with Gasteiger partial charge in [-0.25, -0.2) is 0 Å². The second-order valence-corrected chi connectivity index (χ2v) is 6.79. The fourth-order valence-corrected chi connectivity index (χ4v) is 4.43. The van der Waals surface area contributed by atoms with Crippen LogP contribution < -0.4 is 0 Å². The van der Waals surface area contributed by atoms with E-state index in [-0.39, 0.29) is 6.61 Å². The molecule has 1 aromatic carbocycles. The summed E-state index contributed by atoms with van der Waals surface area (Å²) in [7, 11) is 0. The van der Waals surface area contributed by atoms with Gasteiger partial charge in [-0.05, 0) is 55.9 Å². The SMILES string of the molecule is CC=C1CN2CCc3c([nH]c4ccc(O)cc34)[C@@H]2C[C@@H]1CCO. The summed E-state index contributed by atoms with van der Waals surface area (Å²) in [6, 6.07) is 5.99. The molecule has 2 atom stereocenters. The molecule has 0 radical (unpaired) electrons. The Balaban J connectivity index is 1.75. The molecule has 4 nitrogen and oxygen atoms in total. The van der Waals surface area contributed by atoms with Crippen molar-refractivity contribution in [2.75, 3.05) is 19.7 Å². The fourth-order valence-electron chi connectivity index (χ4n) is 4.43. The zero-order chi connectivity index (χ0) is 16.0. The number of fused-ring (bicyclic) bond motifs is 5. The minimum atomic E-state index is 0.252. The topological polar surface area (TPSA) is 59.5 Å². The first-order chi connectivity index (χ1) is 11.2. The summed E-state index contributed by atoms with van der Waals surface area (Å²) >= 11 is 0. The van der Waals surface area contributed by atoms with Gasteiger partial charge in [0.05, 0.1) is 6.04 Å². The van der Waals surface area contributed by atoms with Gasteiger partial charge in [0.2, 0.25) is 0 Å². The zero-order valence-electron chi connectivity index (χ0n) is 13.5. The van der Waals surface area contributed by atoms with E-state index in [2.05, 4.69) is 22.9 Å². The number of aromatic amines is 1. The fraction of sp³-hybridized carbons (Fsp3) is 0.474. The number of phenols is 1. The highest BCUT2D eigenvalue weighted by molar-refractivity contribution is 5.86. The van der Waals surface area contributed by atoms with E-state index in [1.165, 1.54) is 16.8 Å².